The number of nitrogens with zero attached hydrogens (tertiary/aromatic N) is 2. The molecule has 29 heavy (non-hydrogen) atoms. The molecule has 0 saturated heterocycles. The fraction of sp³-hybridized carbons (Fsp3) is 0.350. The van der Waals surface area contributed by atoms with Crippen LogP contribution in [0, 0.1) is 12.8 Å². The van der Waals surface area contributed by atoms with Gasteiger partial charge in [-0.3, -0.25) is 14.4 Å². The Balaban J connectivity index is 1.56. The van der Waals surface area contributed by atoms with Crippen LogP contribution in [0.15, 0.2) is 30.5 Å². The molecule has 152 valence electrons. The summed E-state index contributed by atoms with van der Waals surface area (Å²) in [7, 11) is 0. The third-order valence-corrected chi connectivity index (χ3v) is 4.47. The van der Waals surface area contributed by atoms with Gasteiger partial charge in [-0.2, -0.15) is 0 Å². The third kappa shape index (κ3) is 5.74. The average Bonchev–Trinajstić information content (AvgIpc) is 2.61. The van der Waals surface area contributed by atoms with Gasteiger partial charge in [0.25, 0.3) is 0 Å². The normalized spacial score (nSPS) is 13.2. The molecule has 0 aliphatic heterocycles. The summed E-state index contributed by atoms with van der Waals surface area (Å²) >= 11 is 0. The minimum Gasteiger partial charge on any atom is -0.455 e. The van der Waals surface area contributed by atoms with Crippen molar-refractivity contribution in [3.63, 3.8) is 0 Å². The maximum atomic E-state index is 12.0. The molecule has 3 rings (SSSR count). The van der Waals surface area contributed by atoms with E-state index in [2.05, 4.69) is 25.9 Å². The second kappa shape index (κ2) is 9.13. The first kappa shape index (κ1) is 20.2. The number of hydrogen-bond acceptors (Lipinski definition) is 6. The van der Waals surface area contributed by atoms with Crippen molar-refractivity contribution in [2.24, 2.45) is 5.92 Å². The predicted octanol–water partition coefficient (Wildman–Crippen LogP) is 2.39. The minimum atomic E-state index is -0.340. The number of amides is 3. The van der Waals surface area contributed by atoms with E-state index in [-0.39, 0.29) is 30.2 Å². The maximum Gasteiger partial charge on any atom is 0.244 e. The van der Waals surface area contributed by atoms with Gasteiger partial charge >= 0.3 is 0 Å². The quantitative estimate of drug-likeness (QED) is 0.659. The van der Waals surface area contributed by atoms with E-state index in [1.54, 1.807) is 31.2 Å². The topological polar surface area (TPSA) is 122 Å². The van der Waals surface area contributed by atoms with Gasteiger partial charge in [0.2, 0.25) is 17.7 Å². The Kier molecular flexibility index (Phi) is 6.38. The van der Waals surface area contributed by atoms with Gasteiger partial charge in [-0.15, -0.1) is 0 Å². The number of hydrogen-bond donors (Lipinski definition) is 3. The van der Waals surface area contributed by atoms with Crippen LogP contribution in [0.4, 0.5) is 11.6 Å². The minimum absolute atomic E-state index is 0.0407. The van der Waals surface area contributed by atoms with Crippen molar-refractivity contribution < 1.29 is 19.1 Å². The zero-order valence-corrected chi connectivity index (χ0v) is 16.3. The number of pyridine rings is 2. The Morgan fingerprint density at radius 1 is 1.14 bits per heavy atom. The van der Waals surface area contributed by atoms with Gasteiger partial charge in [-0.25, -0.2) is 9.97 Å². The lowest BCUT2D eigenvalue weighted by atomic mass is 9.85. The molecule has 0 atom stereocenters. The molecule has 0 bridgehead atoms. The number of aryl methyl sites for hydroxylation is 1. The highest BCUT2D eigenvalue weighted by molar-refractivity contribution is 5.94. The van der Waals surface area contributed by atoms with Crippen LogP contribution in [0.2, 0.25) is 0 Å². The molecule has 1 aliphatic rings. The molecule has 0 aromatic carbocycles. The van der Waals surface area contributed by atoms with Gasteiger partial charge in [-0.1, -0.05) is 6.42 Å². The van der Waals surface area contributed by atoms with Crippen LogP contribution in [-0.4, -0.2) is 34.2 Å². The lowest BCUT2D eigenvalue weighted by Gasteiger charge is -2.23. The average molecular weight is 397 g/mol. The van der Waals surface area contributed by atoms with Gasteiger partial charge in [0, 0.05) is 25.1 Å². The second-order valence-electron chi connectivity index (χ2n) is 6.83. The van der Waals surface area contributed by atoms with Gasteiger partial charge in [0.1, 0.15) is 23.1 Å². The Labute approximate surface area is 168 Å². The summed E-state index contributed by atoms with van der Waals surface area (Å²) in [6, 6.07) is 6.56. The van der Waals surface area contributed by atoms with Gasteiger partial charge < -0.3 is 20.7 Å². The molecule has 3 amide bonds. The largest absolute Gasteiger partial charge is 0.455 e. The molecule has 1 aliphatic carbocycles. The predicted molar refractivity (Wildman–Crippen MR) is 107 cm³/mol. The van der Waals surface area contributed by atoms with Crippen molar-refractivity contribution in [2.75, 3.05) is 17.2 Å². The summed E-state index contributed by atoms with van der Waals surface area (Å²) in [4.78, 5) is 43.3. The molecule has 2 heterocycles. The molecule has 2 aromatic heterocycles. The van der Waals surface area contributed by atoms with E-state index >= 15 is 0 Å². The molecule has 1 saturated carbocycles. The van der Waals surface area contributed by atoms with E-state index < -0.39 is 0 Å². The molecule has 9 heteroatoms. The van der Waals surface area contributed by atoms with Crippen molar-refractivity contribution in [3.05, 3.63) is 36.2 Å². The van der Waals surface area contributed by atoms with Crippen LogP contribution < -0.4 is 20.7 Å². The van der Waals surface area contributed by atoms with Gasteiger partial charge in [0.15, 0.2) is 0 Å². The standard InChI is InChI=1S/C20H23N5O4/c1-12-16(29-15-8-9-21-18(10-15)24-13(2)26)6-7-17(23-12)25-19(27)11-22-20(28)14-4-3-5-14/h6-10,14H,3-5,11H2,1-2H3,(H,22,28)(H,21,24,26)(H,23,25,27). The highest BCUT2D eigenvalue weighted by Crippen LogP contribution is 2.27. The Bertz CT molecular complexity index is 927. The van der Waals surface area contributed by atoms with Gasteiger partial charge in [0.05, 0.1) is 12.2 Å². The molecular formula is C20H23N5O4. The Morgan fingerprint density at radius 2 is 1.93 bits per heavy atom. The number of carbonyl (C=O) groups is 3. The van der Waals surface area contributed by atoms with Crippen molar-refractivity contribution >= 4 is 29.4 Å². The first-order chi connectivity index (χ1) is 13.9. The summed E-state index contributed by atoms with van der Waals surface area (Å²) < 4.78 is 5.79. The fourth-order valence-corrected chi connectivity index (χ4v) is 2.75. The molecule has 0 spiro atoms. The summed E-state index contributed by atoms with van der Waals surface area (Å²) in [5.74, 6) is 1.14. The molecule has 2 aromatic rings. The SMILES string of the molecule is CC(=O)Nc1cc(Oc2ccc(NC(=O)CNC(=O)C3CCC3)nc2C)ccn1. The van der Waals surface area contributed by atoms with E-state index in [0.717, 1.165) is 19.3 Å². The van der Waals surface area contributed by atoms with Crippen LogP contribution in [0.3, 0.4) is 0 Å². The van der Waals surface area contributed by atoms with E-state index in [0.29, 0.717) is 28.8 Å². The lowest BCUT2D eigenvalue weighted by Crippen LogP contribution is -2.39. The highest BCUT2D eigenvalue weighted by Gasteiger charge is 2.25. The van der Waals surface area contributed by atoms with Crippen molar-refractivity contribution in [1.82, 2.24) is 15.3 Å². The lowest BCUT2D eigenvalue weighted by molar-refractivity contribution is -0.129. The fourth-order valence-electron chi connectivity index (χ4n) is 2.75. The zero-order chi connectivity index (χ0) is 20.8. The van der Waals surface area contributed by atoms with Crippen LogP contribution >= 0.6 is 0 Å². The first-order valence-electron chi connectivity index (χ1n) is 9.37. The number of aromatic nitrogens is 2. The first-order valence-corrected chi connectivity index (χ1v) is 9.37. The van der Waals surface area contributed by atoms with Crippen LogP contribution in [0.5, 0.6) is 11.5 Å². The van der Waals surface area contributed by atoms with Gasteiger partial charge in [-0.05, 0) is 38.0 Å². The molecular weight excluding hydrogens is 374 g/mol. The zero-order valence-electron chi connectivity index (χ0n) is 16.3. The van der Waals surface area contributed by atoms with E-state index in [9.17, 15) is 14.4 Å². The molecule has 1 fully saturated rings. The number of ether oxygens (including phenoxy) is 1. The summed E-state index contributed by atoms with van der Waals surface area (Å²) in [5, 5.41) is 7.89. The number of nitrogens with one attached hydrogen (secondary N) is 3. The number of rotatable bonds is 7. The molecule has 9 nitrogen and oxygen atoms in total. The Hall–Kier alpha value is -3.49. The van der Waals surface area contributed by atoms with Crippen molar-refractivity contribution in [1.29, 1.82) is 0 Å². The summed E-state index contributed by atoms with van der Waals surface area (Å²) in [5.41, 5.74) is 0.569. The van der Waals surface area contributed by atoms with Crippen molar-refractivity contribution in [2.45, 2.75) is 33.1 Å². The number of carbonyl (C=O) groups excluding carboxylic acids is 3. The van der Waals surface area contributed by atoms with Crippen molar-refractivity contribution in [3.8, 4) is 11.5 Å². The molecule has 3 N–H and O–H groups in total. The number of anilines is 2. The second-order valence-corrected chi connectivity index (χ2v) is 6.83. The van der Waals surface area contributed by atoms with Crippen LogP contribution in [0.25, 0.3) is 0 Å². The summed E-state index contributed by atoms with van der Waals surface area (Å²) in [6.07, 6.45) is 4.37. The highest BCUT2D eigenvalue weighted by atomic mass is 16.5. The van der Waals surface area contributed by atoms with E-state index in [1.807, 2.05) is 0 Å². The smallest absolute Gasteiger partial charge is 0.244 e. The van der Waals surface area contributed by atoms with Crippen LogP contribution in [-0.2, 0) is 14.4 Å². The maximum absolute atomic E-state index is 12.0. The third-order valence-electron chi connectivity index (χ3n) is 4.47. The summed E-state index contributed by atoms with van der Waals surface area (Å²) in [6.45, 7) is 3.06. The monoisotopic (exact) mass is 397 g/mol. The van der Waals surface area contributed by atoms with Crippen LogP contribution in [0.1, 0.15) is 31.9 Å². The Morgan fingerprint density at radius 3 is 2.59 bits per heavy atom. The van der Waals surface area contributed by atoms with E-state index in [1.165, 1.54) is 13.1 Å². The molecule has 0 radical (unpaired) electrons. The molecule has 0 unspecified atom stereocenters. The van der Waals surface area contributed by atoms with E-state index in [4.69, 9.17) is 4.74 Å².